The van der Waals surface area contributed by atoms with Crippen molar-refractivity contribution in [2.75, 3.05) is 27.9 Å². The third-order valence-electron chi connectivity index (χ3n) is 6.88. The molecule has 2 aliphatic rings. The van der Waals surface area contributed by atoms with Crippen LogP contribution in [0.15, 0.2) is 30.3 Å². The van der Waals surface area contributed by atoms with Gasteiger partial charge in [-0.1, -0.05) is 6.07 Å². The largest absolute Gasteiger partial charge is 0.494 e. The van der Waals surface area contributed by atoms with Gasteiger partial charge in [-0.15, -0.1) is 0 Å². The Morgan fingerprint density at radius 1 is 1.03 bits per heavy atom. The van der Waals surface area contributed by atoms with Crippen molar-refractivity contribution >= 4 is 11.8 Å². The molecule has 1 fully saturated rings. The second-order valence-electron chi connectivity index (χ2n) is 9.02. The van der Waals surface area contributed by atoms with E-state index in [0.717, 1.165) is 23.1 Å². The topological polar surface area (TPSA) is 77.1 Å². The third-order valence-corrected chi connectivity index (χ3v) is 6.88. The molecule has 7 nitrogen and oxygen atoms in total. The standard InChI is InChI=1S/C26H31FN2O5/c1-32-21-12-17(4-5-20(21)27)15-26(9-6-24(30)28-26)10-7-25(31)29-11-8-18-13-22(33-2)23(34-3)14-19(18)16-29/h4-5,12-14H,6-11,15-16H2,1-3H3,(H,28,30). The zero-order valence-electron chi connectivity index (χ0n) is 19.9. The number of nitrogens with zero attached hydrogens (tertiary/aromatic N) is 1. The van der Waals surface area contributed by atoms with Gasteiger partial charge in [0.05, 0.1) is 21.3 Å². The monoisotopic (exact) mass is 470 g/mol. The van der Waals surface area contributed by atoms with Gasteiger partial charge in [0.2, 0.25) is 11.8 Å². The van der Waals surface area contributed by atoms with Crippen molar-refractivity contribution < 1.29 is 28.2 Å². The highest BCUT2D eigenvalue weighted by Crippen LogP contribution is 2.34. The van der Waals surface area contributed by atoms with Crippen LogP contribution in [0.3, 0.4) is 0 Å². The molecule has 0 spiro atoms. The molecule has 1 N–H and O–H groups in total. The summed E-state index contributed by atoms with van der Waals surface area (Å²) in [6, 6.07) is 8.66. The van der Waals surface area contributed by atoms with Gasteiger partial charge in [-0.2, -0.15) is 0 Å². The average molecular weight is 471 g/mol. The van der Waals surface area contributed by atoms with Crippen molar-refractivity contribution in [3.05, 3.63) is 52.8 Å². The second-order valence-corrected chi connectivity index (χ2v) is 9.02. The Hall–Kier alpha value is -3.29. The number of ether oxygens (including phenoxy) is 3. The van der Waals surface area contributed by atoms with Crippen LogP contribution in [-0.2, 0) is 29.0 Å². The van der Waals surface area contributed by atoms with Crippen LogP contribution in [0.25, 0.3) is 0 Å². The number of amides is 2. The Balaban J connectivity index is 1.44. The molecule has 182 valence electrons. The fraction of sp³-hybridized carbons (Fsp3) is 0.462. The predicted octanol–water partition coefficient (Wildman–Crippen LogP) is 3.41. The first-order chi connectivity index (χ1) is 16.4. The SMILES string of the molecule is COc1cc(CC2(CCC(=O)N3CCc4cc(OC)c(OC)cc4C3)CCC(=O)N2)ccc1F. The highest BCUT2D eigenvalue weighted by atomic mass is 19.1. The van der Waals surface area contributed by atoms with Crippen molar-refractivity contribution in [2.45, 2.75) is 50.6 Å². The molecular weight excluding hydrogens is 439 g/mol. The molecule has 1 saturated heterocycles. The van der Waals surface area contributed by atoms with E-state index in [-0.39, 0.29) is 17.6 Å². The molecule has 0 radical (unpaired) electrons. The van der Waals surface area contributed by atoms with Crippen LogP contribution < -0.4 is 19.5 Å². The Labute approximate surface area is 199 Å². The summed E-state index contributed by atoms with van der Waals surface area (Å²) < 4.78 is 29.7. The number of rotatable bonds is 8. The van der Waals surface area contributed by atoms with Gasteiger partial charge in [0.15, 0.2) is 23.1 Å². The van der Waals surface area contributed by atoms with Gasteiger partial charge in [0.1, 0.15) is 0 Å². The van der Waals surface area contributed by atoms with Gasteiger partial charge in [-0.25, -0.2) is 4.39 Å². The summed E-state index contributed by atoms with van der Waals surface area (Å²) in [5, 5.41) is 3.09. The minimum absolute atomic E-state index is 0.0190. The molecule has 8 heteroatoms. The molecule has 2 aliphatic heterocycles. The van der Waals surface area contributed by atoms with Crippen LogP contribution in [0.1, 0.15) is 42.4 Å². The number of halogens is 1. The number of methoxy groups -OCH3 is 3. The first-order valence-electron chi connectivity index (χ1n) is 11.5. The molecule has 2 amide bonds. The molecule has 2 aromatic carbocycles. The van der Waals surface area contributed by atoms with Crippen LogP contribution in [0, 0.1) is 5.82 Å². The first kappa shape index (κ1) is 23.9. The van der Waals surface area contributed by atoms with Crippen LogP contribution in [0.2, 0.25) is 0 Å². The fourth-order valence-electron chi connectivity index (χ4n) is 4.99. The Bertz CT molecular complexity index is 1090. The van der Waals surface area contributed by atoms with Crippen molar-refractivity contribution in [1.82, 2.24) is 10.2 Å². The third kappa shape index (κ3) is 4.95. The number of carbonyl (C=O) groups is 2. The highest BCUT2D eigenvalue weighted by molar-refractivity contribution is 5.80. The van der Waals surface area contributed by atoms with E-state index in [1.807, 2.05) is 17.0 Å². The summed E-state index contributed by atoms with van der Waals surface area (Å²) in [5.74, 6) is 1.13. The molecule has 2 aromatic rings. The molecule has 2 heterocycles. The van der Waals surface area contributed by atoms with Crippen molar-refractivity contribution in [3.8, 4) is 17.2 Å². The van der Waals surface area contributed by atoms with Crippen molar-refractivity contribution in [1.29, 1.82) is 0 Å². The van der Waals surface area contributed by atoms with Crippen LogP contribution in [0.4, 0.5) is 4.39 Å². The molecule has 1 unspecified atom stereocenters. The number of carbonyl (C=O) groups excluding carboxylic acids is 2. The normalized spacial score (nSPS) is 19.4. The molecule has 0 bridgehead atoms. The van der Waals surface area contributed by atoms with E-state index in [1.165, 1.54) is 13.2 Å². The van der Waals surface area contributed by atoms with E-state index in [1.54, 1.807) is 26.4 Å². The minimum atomic E-state index is -0.528. The van der Waals surface area contributed by atoms with Gasteiger partial charge in [-0.3, -0.25) is 9.59 Å². The Morgan fingerprint density at radius 3 is 2.38 bits per heavy atom. The number of hydrogen-bond donors (Lipinski definition) is 1. The lowest BCUT2D eigenvalue weighted by Crippen LogP contribution is -2.45. The summed E-state index contributed by atoms with van der Waals surface area (Å²) >= 11 is 0. The molecule has 1 atom stereocenters. The van der Waals surface area contributed by atoms with Crippen molar-refractivity contribution in [2.24, 2.45) is 0 Å². The molecule has 4 rings (SSSR count). The maximum atomic E-state index is 13.8. The highest BCUT2D eigenvalue weighted by Gasteiger charge is 2.38. The molecule has 0 saturated carbocycles. The zero-order valence-corrected chi connectivity index (χ0v) is 19.9. The lowest BCUT2D eigenvalue weighted by molar-refractivity contribution is -0.132. The summed E-state index contributed by atoms with van der Waals surface area (Å²) in [4.78, 5) is 27.1. The maximum Gasteiger partial charge on any atom is 0.222 e. The van der Waals surface area contributed by atoms with Gasteiger partial charge < -0.3 is 24.4 Å². The summed E-state index contributed by atoms with van der Waals surface area (Å²) in [7, 11) is 4.64. The predicted molar refractivity (Wildman–Crippen MR) is 125 cm³/mol. The fourth-order valence-corrected chi connectivity index (χ4v) is 4.99. The van der Waals surface area contributed by atoms with Crippen LogP contribution in [-0.4, -0.2) is 50.1 Å². The number of hydrogen-bond acceptors (Lipinski definition) is 5. The van der Waals surface area contributed by atoms with E-state index in [9.17, 15) is 14.0 Å². The molecule has 0 aliphatic carbocycles. The first-order valence-corrected chi connectivity index (χ1v) is 11.5. The summed E-state index contributed by atoms with van der Waals surface area (Å²) in [6.45, 7) is 1.15. The van der Waals surface area contributed by atoms with Gasteiger partial charge >= 0.3 is 0 Å². The molecule has 0 aromatic heterocycles. The van der Waals surface area contributed by atoms with Gasteiger partial charge in [0, 0.05) is 31.5 Å². The summed E-state index contributed by atoms with van der Waals surface area (Å²) in [5.41, 5.74) is 2.55. The van der Waals surface area contributed by atoms with E-state index >= 15 is 0 Å². The second kappa shape index (κ2) is 9.91. The number of benzene rings is 2. The van der Waals surface area contributed by atoms with Crippen LogP contribution in [0.5, 0.6) is 17.2 Å². The average Bonchev–Trinajstić information content (AvgIpc) is 3.22. The molecular formula is C26H31FN2O5. The van der Waals surface area contributed by atoms with E-state index in [2.05, 4.69) is 5.32 Å². The summed E-state index contributed by atoms with van der Waals surface area (Å²) in [6.07, 6.45) is 3.17. The Kier molecular flexibility index (Phi) is 6.95. The van der Waals surface area contributed by atoms with E-state index in [0.29, 0.717) is 56.7 Å². The minimum Gasteiger partial charge on any atom is -0.494 e. The van der Waals surface area contributed by atoms with Crippen molar-refractivity contribution in [3.63, 3.8) is 0 Å². The lowest BCUT2D eigenvalue weighted by atomic mass is 9.84. The van der Waals surface area contributed by atoms with Gasteiger partial charge in [-0.05, 0) is 66.6 Å². The quantitative estimate of drug-likeness (QED) is 0.640. The zero-order chi connectivity index (χ0) is 24.3. The van der Waals surface area contributed by atoms with Gasteiger partial charge in [0.25, 0.3) is 0 Å². The lowest BCUT2D eigenvalue weighted by Gasteiger charge is -2.33. The Morgan fingerprint density at radius 2 is 1.74 bits per heavy atom. The van der Waals surface area contributed by atoms with Crippen LogP contribution >= 0.6 is 0 Å². The van der Waals surface area contributed by atoms with E-state index < -0.39 is 11.4 Å². The smallest absolute Gasteiger partial charge is 0.222 e. The number of fused-ring (bicyclic) bond motifs is 1. The van der Waals surface area contributed by atoms with E-state index in [4.69, 9.17) is 14.2 Å². The maximum absolute atomic E-state index is 13.8. The number of nitrogens with one attached hydrogen (secondary N) is 1. The molecule has 34 heavy (non-hydrogen) atoms.